The lowest BCUT2D eigenvalue weighted by Gasteiger charge is -2.27. The standard InChI is InChI=1S/C15H21N3O2/c1-16-15(17-8-11-6-7-11)18-9-12-10-19-13-4-2-3-5-14(13)20-12/h2-5,11-12H,6-10H2,1H3,(H2,16,17,18). The van der Waals surface area contributed by atoms with Crippen molar-refractivity contribution < 1.29 is 9.47 Å². The van der Waals surface area contributed by atoms with E-state index in [1.807, 2.05) is 24.3 Å². The fraction of sp³-hybridized carbons (Fsp3) is 0.533. The van der Waals surface area contributed by atoms with E-state index < -0.39 is 0 Å². The number of hydrogen-bond donors (Lipinski definition) is 2. The van der Waals surface area contributed by atoms with Gasteiger partial charge in [-0.2, -0.15) is 0 Å². The minimum Gasteiger partial charge on any atom is -0.486 e. The van der Waals surface area contributed by atoms with E-state index in [2.05, 4.69) is 15.6 Å². The molecule has 1 unspecified atom stereocenters. The Kier molecular flexibility index (Phi) is 3.95. The van der Waals surface area contributed by atoms with Crippen molar-refractivity contribution in [2.45, 2.75) is 18.9 Å². The number of benzene rings is 1. The molecule has 0 bridgehead atoms. The van der Waals surface area contributed by atoms with E-state index in [9.17, 15) is 0 Å². The number of rotatable bonds is 4. The predicted octanol–water partition coefficient (Wildman–Crippen LogP) is 1.40. The van der Waals surface area contributed by atoms with Gasteiger partial charge in [-0.15, -0.1) is 0 Å². The van der Waals surface area contributed by atoms with Crippen LogP contribution < -0.4 is 20.1 Å². The maximum absolute atomic E-state index is 5.89. The van der Waals surface area contributed by atoms with E-state index in [1.165, 1.54) is 12.8 Å². The molecule has 1 aliphatic carbocycles. The van der Waals surface area contributed by atoms with Crippen molar-refractivity contribution in [3.05, 3.63) is 24.3 Å². The van der Waals surface area contributed by atoms with Crippen molar-refractivity contribution >= 4 is 5.96 Å². The van der Waals surface area contributed by atoms with E-state index in [1.54, 1.807) is 7.05 Å². The molecule has 2 aliphatic rings. The minimum absolute atomic E-state index is 0.00405. The zero-order valence-electron chi connectivity index (χ0n) is 11.8. The lowest BCUT2D eigenvalue weighted by Crippen LogP contribution is -2.45. The van der Waals surface area contributed by atoms with E-state index >= 15 is 0 Å². The van der Waals surface area contributed by atoms with Crippen LogP contribution in [-0.2, 0) is 0 Å². The molecule has 3 rings (SSSR count). The molecular weight excluding hydrogens is 254 g/mol. The van der Waals surface area contributed by atoms with Crippen LogP contribution in [0, 0.1) is 5.92 Å². The molecule has 1 aliphatic heterocycles. The van der Waals surface area contributed by atoms with E-state index in [0.29, 0.717) is 13.2 Å². The van der Waals surface area contributed by atoms with Crippen LogP contribution >= 0.6 is 0 Å². The summed E-state index contributed by atoms with van der Waals surface area (Å²) in [4.78, 5) is 4.21. The van der Waals surface area contributed by atoms with Gasteiger partial charge in [0.25, 0.3) is 0 Å². The van der Waals surface area contributed by atoms with Gasteiger partial charge in [-0.3, -0.25) is 4.99 Å². The number of nitrogens with one attached hydrogen (secondary N) is 2. The first kappa shape index (κ1) is 13.1. The highest BCUT2D eigenvalue weighted by atomic mass is 16.6. The van der Waals surface area contributed by atoms with E-state index in [4.69, 9.17) is 9.47 Å². The van der Waals surface area contributed by atoms with Crippen molar-refractivity contribution in [3.8, 4) is 11.5 Å². The first-order valence-electron chi connectivity index (χ1n) is 7.18. The lowest BCUT2D eigenvalue weighted by molar-refractivity contribution is 0.0936. The van der Waals surface area contributed by atoms with Crippen LogP contribution in [0.4, 0.5) is 0 Å². The minimum atomic E-state index is 0.00405. The molecule has 2 N–H and O–H groups in total. The molecule has 0 amide bonds. The van der Waals surface area contributed by atoms with E-state index in [0.717, 1.165) is 29.9 Å². The molecule has 20 heavy (non-hydrogen) atoms. The molecule has 0 spiro atoms. The molecule has 5 heteroatoms. The van der Waals surface area contributed by atoms with Crippen molar-refractivity contribution in [3.63, 3.8) is 0 Å². The highest BCUT2D eigenvalue weighted by Gasteiger charge is 2.22. The van der Waals surface area contributed by atoms with Gasteiger partial charge in [-0.1, -0.05) is 12.1 Å². The first-order chi connectivity index (χ1) is 9.85. The Labute approximate surface area is 119 Å². The quantitative estimate of drug-likeness (QED) is 0.644. The Hall–Kier alpha value is -1.91. The number of hydrogen-bond acceptors (Lipinski definition) is 3. The van der Waals surface area contributed by atoms with Gasteiger partial charge in [0.15, 0.2) is 17.5 Å². The number of aliphatic imine (C=N–C) groups is 1. The van der Waals surface area contributed by atoms with Gasteiger partial charge in [0.1, 0.15) is 12.7 Å². The number of ether oxygens (including phenoxy) is 2. The smallest absolute Gasteiger partial charge is 0.191 e. The molecule has 1 aromatic carbocycles. The maximum atomic E-state index is 5.89. The van der Waals surface area contributed by atoms with Gasteiger partial charge >= 0.3 is 0 Å². The monoisotopic (exact) mass is 275 g/mol. The number of guanidine groups is 1. The van der Waals surface area contributed by atoms with Gasteiger partial charge in [0.05, 0.1) is 6.54 Å². The van der Waals surface area contributed by atoms with Crippen molar-refractivity contribution in [1.82, 2.24) is 10.6 Å². The Bertz CT molecular complexity index is 486. The third-order valence-electron chi connectivity index (χ3n) is 3.54. The number of fused-ring (bicyclic) bond motifs is 1. The van der Waals surface area contributed by atoms with Crippen LogP contribution in [0.5, 0.6) is 11.5 Å². The Morgan fingerprint density at radius 2 is 1.95 bits per heavy atom. The molecule has 0 saturated heterocycles. The molecule has 0 aromatic heterocycles. The summed E-state index contributed by atoms with van der Waals surface area (Å²) in [5.74, 6) is 3.29. The summed E-state index contributed by atoms with van der Waals surface area (Å²) in [5, 5.41) is 6.62. The van der Waals surface area contributed by atoms with Crippen LogP contribution in [-0.4, -0.2) is 38.8 Å². The second-order valence-corrected chi connectivity index (χ2v) is 5.27. The molecule has 1 saturated carbocycles. The SMILES string of the molecule is CN=C(NCC1CC1)NCC1COc2ccccc2O1. The molecule has 108 valence electrons. The van der Waals surface area contributed by atoms with Crippen LogP contribution in [0.1, 0.15) is 12.8 Å². The van der Waals surface area contributed by atoms with Gasteiger partial charge < -0.3 is 20.1 Å². The fourth-order valence-corrected chi connectivity index (χ4v) is 2.16. The Balaban J connectivity index is 1.46. The summed E-state index contributed by atoms with van der Waals surface area (Å²) in [6, 6.07) is 7.76. The maximum Gasteiger partial charge on any atom is 0.191 e. The van der Waals surface area contributed by atoms with Gasteiger partial charge in [0, 0.05) is 13.6 Å². The lowest BCUT2D eigenvalue weighted by atomic mass is 10.2. The Morgan fingerprint density at radius 1 is 1.20 bits per heavy atom. The molecule has 0 radical (unpaired) electrons. The largest absolute Gasteiger partial charge is 0.486 e. The van der Waals surface area contributed by atoms with Crippen LogP contribution in [0.2, 0.25) is 0 Å². The summed E-state index contributed by atoms with van der Waals surface area (Å²) >= 11 is 0. The van der Waals surface area contributed by atoms with Gasteiger partial charge in [0.2, 0.25) is 0 Å². The number of nitrogens with zero attached hydrogens (tertiary/aromatic N) is 1. The summed E-state index contributed by atoms with van der Waals surface area (Å²) in [7, 11) is 1.79. The normalized spacial score (nSPS) is 21.4. The zero-order valence-corrected chi connectivity index (χ0v) is 11.8. The number of para-hydroxylation sites is 2. The molecular formula is C15H21N3O2. The highest BCUT2D eigenvalue weighted by molar-refractivity contribution is 5.79. The van der Waals surface area contributed by atoms with Crippen LogP contribution in [0.25, 0.3) is 0 Å². The molecule has 1 aromatic rings. The van der Waals surface area contributed by atoms with Crippen LogP contribution in [0.15, 0.2) is 29.3 Å². The molecule has 1 fully saturated rings. The molecule has 1 atom stereocenters. The topological polar surface area (TPSA) is 54.9 Å². The Morgan fingerprint density at radius 3 is 2.70 bits per heavy atom. The highest BCUT2D eigenvalue weighted by Crippen LogP contribution is 2.30. The third-order valence-corrected chi connectivity index (χ3v) is 3.54. The summed E-state index contributed by atoms with van der Waals surface area (Å²) in [6.07, 6.45) is 2.67. The molecule has 1 heterocycles. The summed E-state index contributed by atoms with van der Waals surface area (Å²) < 4.78 is 11.6. The van der Waals surface area contributed by atoms with Gasteiger partial charge in [-0.25, -0.2) is 0 Å². The summed E-state index contributed by atoms with van der Waals surface area (Å²) in [6.45, 7) is 2.24. The zero-order chi connectivity index (χ0) is 13.8. The van der Waals surface area contributed by atoms with Crippen LogP contribution in [0.3, 0.4) is 0 Å². The summed E-state index contributed by atoms with van der Waals surface area (Å²) in [5.41, 5.74) is 0. The second-order valence-electron chi connectivity index (χ2n) is 5.27. The first-order valence-corrected chi connectivity index (χ1v) is 7.18. The average Bonchev–Trinajstić information content (AvgIpc) is 3.31. The van der Waals surface area contributed by atoms with Crippen molar-refractivity contribution in [2.24, 2.45) is 10.9 Å². The average molecular weight is 275 g/mol. The predicted molar refractivity (Wildman–Crippen MR) is 78.4 cm³/mol. The molecule has 5 nitrogen and oxygen atoms in total. The van der Waals surface area contributed by atoms with Gasteiger partial charge in [-0.05, 0) is 30.9 Å². The second kappa shape index (κ2) is 6.03. The fourth-order valence-electron chi connectivity index (χ4n) is 2.16. The van der Waals surface area contributed by atoms with E-state index in [-0.39, 0.29) is 6.10 Å². The van der Waals surface area contributed by atoms with Crippen molar-refractivity contribution in [2.75, 3.05) is 26.7 Å². The third kappa shape index (κ3) is 3.35. The van der Waals surface area contributed by atoms with Crippen molar-refractivity contribution in [1.29, 1.82) is 0 Å².